The first-order chi connectivity index (χ1) is 14.6. The van der Waals surface area contributed by atoms with Gasteiger partial charge in [0, 0.05) is 30.1 Å². The topological polar surface area (TPSA) is 78.6 Å². The maximum Gasteiger partial charge on any atom is 0.251 e. The van der Waals surface area contributed by atoms with Gasteiger partial charge >= 0.3 is 0 Å². The van der Waals surface area contributed by atoms with Crippen molar-refractivity contribution in [1.82, 2.24) is 15.2 Å². The van der Waals surface area contributed by atoms with Crippen LogP contribution in [0.1, 0.15) is 41.1 Å². The van der Waals surface area contributed by atoms with Crippen molar-refractivity contribution in [3.05, 3.63) is 64.5 Å². The molecule has 3 aromatic rings. The second-order valence-corrected chi connectivity index (χ2v) is 8.24. The number of aromatic nitrogens is 1. The van der Waals surface area contributed by atoms with E-state index in [0.717, 1.165) is 44.5 Å². The van der Waals surface area contributed by atoms with Crippen LogP contribution in [0.5, 0.6) is 0 Å². The van der Waals surface area contributed by atoms with E-state index in [1.807, 2.05) is 24.3 Å². The largest absolute Gasteiger partial charge is 0.440 e. The van der Waals surface area contributed by atoms with Crippen LogP contribution in [0.15, 0.2) is 46.9 Å². The lowest BCUT2D eigenvalue weighted by Gasteiger charge is -2.29. The van der Waals surface area contributed by atoms with Crippen molar-refractivity contribution in [1.29, 1.82) is 0 Å². The Morgan fingerprint density at radius 1 is 1.27 bits per heavy atom. The second-order valence-electron chi connectivity index (χ2n) is 7.80. The van der Waals surface area contributed by atoms with Crippen molar-refractivity contribution in [3.8, 4) is 0 Å². The van der Waals surface area contributed by atoms with Crippen LogP contribution in [0.3, 0.4) is 0 Å². The number of nitrogens with zero attached hydrogens (tertiary/aromatic N) is 2. The first-order valence-electron chi connectivity index (χ1n) is 10.4. The summed E-state index contributed by atoms with van der Waals surface area (Å²) < 4.78 is 5.81. The molecule has 2 heterocycles. The molecule has 1 amide bonds. The molecule has 4 rings (SSSR count). The third-order valence-corrected chi connectivity index (χ3v) is 5.63. The van der Waals surface area contributed by atoms with Crippen LogP contribution in [0.2, 0.25) is 5.02 Å². The Bertz CT molecular complexity index is 1000. The minimum atomic E-state index is -0.216. The number of likely N-dealkylation sites (tertiary alicyclic amines) is 1. The molecular weight excluding hydrogens is 402 g/mol. The van der Waals surface area contributed by atoms with Crippen molar-refractivity contribution in [3.63, 3.8) is 0 Å². The van der Waals surface area contributed by atoms with Gasteiger partial charge in [0.1, 0.15) is 5.52 Å². The maximum atomic E-state index is 12.5. The molecule has 2 N–H and O–H groups in total. The van der Waals surface area contributed by atoms with Gasteiger partial charge < -0.3 is 19.7 Å². The number of aliphatic hydroxyl groups excluding tert-OH is 1. The Morgan fingerprint density at radius 2 is 2.10 bits per heavy atom. The molecule has 6 nitrogen and oxygen atoms in total. The van der Waals surface area contributed by atoms with Gasteiger partial charge in [-0.25, -0.2) is 4.98 Å². The minimum absolute atomic E-state index is 0.113. The Kier molecular flexibility index (Phi) is 6.67. The van der Waals surface area contributed by atoms with Gasteiger partial charge in [-0.05, 0) is 68.2 Å². The van der Waals surface area contributed by atoms with Gasteiger partial charge in [0.25, 0.3) is 5.91 Å². The molecule has 1 atom stereocenters. The number of hydrogen-bond acceptors (Lipinski definition) is 5. The molecule has 0 radical (unpaired) electrons. The summed E-state index contributed by atoms with van der Waals surface area (Å²) in [5.74, 6) is 0.492. The number of amides is 1. The zero-order chi connectivity index (χ0) is 20.9. The molecule has 0 aliphatic carbocycles. The lowest BCUT2D eigenvalue weighted by atomic mass is 10.1. The van der Waals surface area contributed by atoms with Crippen LogP contribution >= 0.6 is 11.6 Å². The van der Waals surface area contributed by atoms with Crippen molar-refractivity contribution >= 4 is 28.6 Å². The number of hydrogen-bond donors (Lipinski definition) is 2. The number of halogens is 1. The van der Waals surface area contributed by atoms with E-state index >= 15 is 0 Å². The van der Waals surface area contributed by atoms with E-state index in [0.29, 0.717) is 40.5 Å². The summed E-state index contributed by atoms with van der Waals surface area (Å²) in [4.78, 5) is 19.3. The molecule has 1 aromatic heterocycles. The fourth-order valence-electron chi connectivity index (χ4n) is 3.81. The van der Waals surface area contributed by atoms with E-state index in [-0.39, 0.29) is 12.0 Å². The zero-order valence-corrected chi connectivity index (χ0v) is 17.6. The normalized spacial score (nSPS) is 17.3. The maximum absolute atomic E-state index is 12.5. The number of carbonyl (C=O) groups is 1. The van der Waals surface area contributed by atoms with E-state index in [1.54, 1.807) is 18.2 Å². The average molecular weight is 428 g/mol. The molecule has 7 heteroatoms. The van der Waals surface area contributed by atoms with Crippen LogP contribution in [-0.4, -0.2) is 53.2 Å². The van der Waals surface area contributed by atoms with Gasteiger partial charge in [-0.3, -0.25) is 4.79 Å². The van der Waals surface area contributed by atoms with Crippen molar-refractivity contribution in [2.24, 2.45) is 0 Å². The predicted molar refractivity (Wildman–Crippen MR) is 117 cm³/mol. The van der Waals surface area contributed by atoms with Crippen molar-refractivity contribution in [2.75, 3.05) is 26.2 Å². The highest BCUT2D eigenvalue weighted by molar-refractivity contribution is 6.30. The van der Waals surface area contributed by atoms with E-state index in [2.05, 4.69) is 15.2 Å². The highest BCUT2D eigenvalue weighted by atomic mass is 35.5. The molecule has 1 saturated heterocycles. The predicted octanol–water partition coefficient (Wildman–Crippen LogP) is 3.65. The van der Waals surface area contributed by atoms with Gasteiger partial charge in [-0.15, -0.1) is 0 Å². The molecule has 1 aliphatic rings. The molecule has 0 spiro atoms. The Labute approximate surface area is 180 Å². The first-order valence-corrected chi connectivity index (χ1v) is 10.8. The molecule has 0 saturated carbocycles. The van der Waals surface area contributed by atoms with Crippen LogP contribution in [0.4, 0.5) is 0 Å². The van der Waals surface area contributed by atoms with Crippen molar-refractivity contribution < 1.29 is 14.3 Å². The minimum Gasteiger partial charge on any atom is -0.440 e. The highest BCUT2D eigenvalue weighted by Crippen LogP contribution is 2.20. The van der Waals surface area contributed by atoms with Gasteiger partial charge in [-0.2, -0.15) is 0 Å². The number of fused-ring (bicyclic) bond motifs is 1. The molecular formula is C23H26ClN3O3. The van der Waals surface area contributed by atoms with Crippen molar-refractivity contribution in [2.45, 2.75) is 31.8 Å². The monoisotopic (exact) mass is 427 g/mol. The van der Waals surface area contributed by atoms with Gasteiger partial charge in [-0.1, -0.05) is 23.7 Å². The quantitative estimate of drug-likeness (QED) is 0.563. The number of carbonyl (C=O) groups excluding carboxylic acids is 1. The number of rotatable bonds is 7. The molecule has 1 fully saturated rings. The molecule has 0 bridgehead atoms. The van der Waals surface area contributed by atoms with Crippen LogP contribution in [0.25, 0.3) is 11.1 Å². The molecule has 2 aromatic carbocycles. The lowest BCUT2D eigenvalue weighted by molar-refractivity contribution is 0.0697. The van der Waals surface area contributed by atoms with Gasteiger partial charge in [0.05, 0.1) is 6.10 Å². The number of oxazole rings is 1. The summed E-state index contributed by atoms with van der Waals surface area (Å²) >= 11 is 5.93. The standard InChI is InChI=1S/C23H26ClN3O3/c24-18-7-4-16(5-8-18)13-22-26-20-14-17(6-9-21(20)30-22)23(29)25-10-2-12-27-11-1-3-19(28)15-27/h4-9,14,19,28H,1-3,10-13,15H2,(H,25,29). The van der Waals surface area contributed by atoms with Crippen LogP contribution < -0.4 is 5.32 Å². The molecule has 158 valence electrons. The summed E-state index contributed by atoms with van der Waals surface area (Å²) in [5, 5.41) is 13.4. The van der Waals surface area contributed by atoms with Gasteiger partial charge in [0.2, 0.25) is 0 Å². The fraction of sp³-hybridized carbons (Fsp3) is 0.391. The summed E-state index contributed by atoms with van der Waals surface area (Å²) in [5.41, 5.74) is 2.97. The summed E-state index contributed by atoms with van der Waals surface area (Å²) in [7, 11) is 0. The Morgan fingerprint density at radius 3 is 2.90 bits per heavy atom. The van der Waals surface area contributed by atoms with E-state index in [1.165, 1.54) is 0 Å². The first kappa shape index (κ1) is 20.8. The Balaban J connectivity index is 1.31. The number of β-amino-alcohol motifs (C(OH)–C–C–N with tert-alkyl or cyclic N) is 1. The summed E-state index contributed by atoms with van der Waals surface area (Å²) in [6, 6.07) is 12.9. The van der Waals surface area contributed by atoms with E-state index in [9.17, 15) is 9.90 Å². The van der Waals surface area contributed by atoms with E-state index < -0.39 is 0 Å². The number of benzene rings is 2. The van der Waals surface area contributed by atoms with Crippen LogP contribution in [-0.2, 0) is 6.42 Å². The SMILES string of the molecule is O=C(NCCCN1CCCC(O)C1)c1ccc2oc(Cc3ccc(Cl)cc3)nc2c1. The summed E-state index contributed by atoms with van der Waals surface area (Å²) in [6.07, 6.45) is 3.13. The average Bonchev–Trinajstić information content (AvgIpc) is 3.14. The Hall–Kier alpha value is -2.41. The number of piperidine rings is 1. The third-order valence-electron chi connectivity index (χ3n) is 5.38. The second kappa shape index (κ2) is 9.60. The number of nitrogens with one attached hydrogen (secondary N) is 1. The van der Waals surface area contributed by atoms with E-state index in [4.69, 9.17) is 16.0 Å². The summed E-state index contributed by atoms with van der Waals surface area (Å²) in [6.45, 7) is 3.24. The zero-order valence-electron chi connectivity index (χ0n) is 16.8. The smallest absolute Gasteiger partial charge is 0.251 e. The molecule has 1 unspecified atom stereocenters. The highest BCUT2D eigenvalue weighted by Gasteiger charge is 2.17. The molecule has 1 aliphatic heterocycles. The van der Waals surface area contributed by atoms with Crippen LogP contribution in [0, 0.1) is 0 Å². The fourth-order valence-corrected chi connectivity index (χ4v) is 3.94. The lowest BCUT2D eigenvalue weighted by Crippen LogP contribution is -2.39. The van der Waals surface area contributed by atoms with Gasteiger partial charge in [0.15, 0.2) is 11.5 Å². The number of aliphatic hydroxyl groups is 1. The molecule has 30 heavy (non-hydrogen) atoms. The third kappa shape index (κ3) is 5.39.